The summed E-state index contributed by atoms with van der Waals surface area (Å²) in [6.45, 7) is 8.35. The first-order valence-electron chi connectivity index (χ1n) is 11.6. The van der Waals surface area contributed by atoms with Crippen LogP contribution in [0.5, 0.6) is 5.75 Å². The Hall–Kier alpha value is -2.33. The Morgan fingerprint density at radius 3 is 2.45 bits per heavy atom. The topological polar surface area (TPSA) is 49.8 Å². The average Bonchev–Trinajstić information content (AvgIpc) is 3.09. The molecule has 0 aliphatic carbocycles. The number of piperidine rings is 1. The van der Waals surface area contributed by atoms with Gasteiger partial charge in [0.2, 0.25) is 5.91 Å². The first-order valence-corrected chi connectivity index (χ1v) is 11.6. The number of aliphatic hydroxyl groups is 1. The molecule has 2 aromatic carbocycles. The number of carbonyl (C=O) groups is 1. The van der Waals surface area contributed by atoms with Crippen LogP contribution in [-0.4, -0.2) is 41.2 Å². The van der Waals surface area contributed by atoms with Crippen LogP contribution in [0.4, 0.5) is 0 Å². The molecule has 2 heterocycles. The van der Waals surface area contributed by atoms with Crippen LogP contribution in [0.1, 0.15) is 61.8 Å². The third-order valence-electron chi connectivity index (χ3n) is 6.85. The number of rotatable bonds is 6. The molecular weight excluding hydrogens is 386 g/mol. The molecule has 31 heavy (non-hydrogen) atoms. The fourth-order valence-corrected chi connectivity index (χ4v) is 4.89. The fourth-order valence-electron chi connectivity index (χ4n) is 4.89. The van der Waals surface area contributed by atoms with Gasteiger partial charge in [-0.05, 0) is 59.9 Å². The maximum atomic E-state index is 12.7. The van der Waals surface area contributed by atoms with E-state index in [-0.39, 0.29) is 18.1 Å². The van der Waals surface area contributed by atoms with E-state index in [4.69, 9.17) is 4.74 Å². The quantitative estimate of drug-likeness (QED) is 0.746. The van der Waals surface area contributed by atoms with Gasteiger partial charge in [0.05, 0.1) is 6.42 Å². The maximum Gasteiger partial charge on any atom is 0.226 e. The number of hydrogen-bond donors (Lipinski definition) is 1. The number of aliphatic hydroxyl groups excluding tert-OH is 1. The molecule has 0 radical (unpaired) electrons. The zero-order chi connectivity index (χ0) is 22.0. The molecule has 166 valence electrons. The highest BCUT2D eigenvalue weighted by Gasteiger charge is 2.35. The number of hydrogen-bond acceptors (Lipinski definition) is 3. The molecule has 0 saturated carbocycles. The van der Waals surface area contributed by atoms with Crippen molar-refractivity contribution in [3.8, 4) is 5.75 Å². The summed E-state index contributed by atoms with van der Waals surface area (Å²) >= 11 is 0. The van der Waals surface area contributed by atoms with Crippen molar-refractivity contribution in [2.45, 2.75) is 64.4 Å². The molecule has 1 unspecified atom stereocenters. The Balaban J connectivity index is 1.37. The molecule has 0 aromatic heterocycles. The summed E-state index contributed by atoms with van der Waals surface area (Å²) in [7, 11) is 0. The van der Waals surface area contributed by atoms with Gasteiger partial charge in [0.15, 0.2) is 0 Å². The Bertz CT molecular complexity index is 913. The normalized spacial score (nSPS) is 21.3. The number of ether oxygens (including phenoxy) is 1. The summed E-state index contributed by atoms with van der Waals surface area (Å²) in [5.41, 5.74) is 4.66. The Kier molecular flexibility index (Phi) is 6.38. The van der Waals surface area contributed by atoms with E-state index in [9.17, 15) is 9.90 Å². The second-order valence-corrected chi connectivity index (χ2v) is 9.93. The highest BCUT2D eigenvalue weighted by Crippen LogP contribution is 2.37. The van der Waals surface area contributed by atoms with Crippen molar-refractivity contribution >= 4 is 5.91 Å². The number of nitrogens with zero attached hydrogens (tertiary/aromatic N) is 1. The molecule has 2 aliphatic rings. The van der Waals surface area contributed by atoms with Gasteiger partial charge in [-0.25, -0.2) is 0 Å². The third-order valence-corrected chi connectivity index (χ3v) is 6.85. The van der Waals surface area contributed by atoms with Gasteiger partial charge in [-0.15, -0.1) is 0 Å². The van der Waals surface area contributed by atoms with Crippen molar-refractivity contribution < 1.29 is 14.6 Å². The van der Waals surface area contributed by atoms with E-state index in [2.05, 4.69) is 51.1 Å². The molecule has 1 N–H and O–H groups in total. The lowest BCUT2D eigenvalue weighted by Crippen LogP contribution is -2.40. The van der Waals surface area contributed by atoms with E-state index in [0.717, 1.165) is 50.1 Å². The van der Waals surface area contributed by atoms with E-state index < -0.39 is 0 Å². The molecule has 4 heteroatoms. The average molecular weight is 422 g/mol. The maximum absolute atomic E-state index is 12.7. The summed E-state index contributed by atoms with van der Waals surface area (Å²) in [5.74, 6) is 2.02. The summed E-state index contributed by atoms with van der Waals surface area (Å²) < 4.78 is 6.36. The summed E-state index contributed by atoms with van der Waals surface area (Å²) in [4.78, 5) is 14.7. The van der Waals surface area contributed by atoms with Crippen LogP contribution in [0.3, 0.4) is 0 Å². The number of likely N-dealkylation sites (tertiary alicyclic amines) is 1. The zero-order valence-corrected chi connectivity index (χ0v) is 19.1. The van der Waals surface area contributed by atoms with Gasteiger partial charge in [0.1, 0.15) is 11.4 Å². The van der Waals surface area contributed by atoms with E-state index in [1.165, 1.54) is 16.7 Å². The van der Waals surface area contributed by atoms with Crippen LogP contribution in [0.15, 0.2) is 42.5 Å². The second kappa shape index (κ2) is 9.04. The van der Waals surface area contributed by atoms with Crippen molar-refractivity contribution in [1.29, 1.82) is 0 Å². The van der Waals surface area contributed by atoms with Crippen LogP contribution in [0.25, 0.3) is 0 Å². The Labute approximate surface area is 186 Å². The van der Waals surface area contributed by atoms with Gasteiger partial charge in [0, 0.05) is 32.5 Å². The molecule has 1 amide bonds. The standard InChI is InChI=1S/C27H35NO3/c1-19(2)23-7-4-20(5-8-23)16-27(3)17-24-14-22(6-9-25(24)31-27)15-26(30)28-12-10-21(18-29)11-13-28/h4-9,14,19,21,29H,10-13,15-18H2,1-3H3. The van der Waals surface area contributed by atoms with E-state index in [0.29, 0.717) is 18.3 Å². The minimum absolute atomic E-state index is 0.184. The van der Waals surface area contributed by atoms with E-state index in [1.54, 1.807) is 0 Å². The molecule has 0 spiro atoms. The molecule has 0 bridgehead atoms. The van der Waals surface area contributed by atoms with Crippen LogP contribution in [0.2, 0.25) is 0 Å². The predicted octanol–water partition coefficient (Wildman–Crippen LogP) is 4.52. The highest BCUT2D eigenvalue weighted by atomic mass is 16.5. The van der Waals surface area contributed by atoms with Crippen LogP contribution in [0, 0.1) is 5.92 Å². The summed E-state index contributed by atoms with van der Waals surface area (Å²) in [6.07, 6.45) is 3.96. The van der Waals surface area contributed by atoms with Crippen molar-refractivity contribution in [2.75, 3.05) is 19.7 Å². The van der Waals surface area contributed by atoms with Crippen molar-refractivity contribution in [1.82, 2.24) is 4.90 Å². The van der Waals surface area contributed by atoms with E-state index in [1.807, 2.05) is 17.0 Å². The first kappa shape index (κ1) is 21.9. The third kappa shape index (κ3) is 5.12. The molecule has 1 fully saturated rings. The van der Waals surface area contributed by atoms with E-state index >= 15 is 0 Å². The Morgan fingerprint density at radius 2 is 1.81 bits per heavy atom. The van der Waals surface area contributed by atoms with Crippen molar-refractivity contribution in [2.24, 2.45) is 5.92 Å². The number of fused-ring (bicyclic) bond motifs is 1. The van der Waals surface area contributed by atoms with Crippen molar-refractivity contribution in [3.63, 3.8) is 0 Å². The number of amides is 1. The van der Waals surface area contributed by atoms with Gasteiger partial charge in [0.25, 0.3) is 0 Å². The number of carbonyl (C=O) groups excluding carboxylic acids is 1. The molecule has 2 aromatic rings. The van der Waals surface area contributed by atoms with Gasteiger partial charge in [-0.1, -0.05) is 50.2 Å². The molecule has 4 nitrogen and oxygen atoms in total. The van der Waals surface area contributed by atoms with Gasteiger partial charge in [-0.2, -0.15) is 0 Å². The lowest BCUT2D eigenvalue weighted by atomic mass is 9.90. The molecular formula is C27H35NO3. The monoisotopic (exact) mass is 421 g/mol. The molecule has 4 rings (SSSR count). The molecule has 2 aliphatic heterocycles. The van der Waals surface area contributed by atoms with Crippen LogP contribution < -0.4 is 4.74 Å². The zero-order valence-electron chi connectivity index (χ0n) is 19.1. The van der Waals surface area contributed by atoms with Crippen molar-refractivity contribution in [3.05, 3.63) is 64.7 Å². The number of benzene rings is 2. The van der Waals surface area contributed by atoms with Gasteiger partial charge in [-0.3, -0.25) is 4.79 Å². The highest BCUT2D eigenvalue weighted by molar-refractivity contribution is 5.79. The molecule has 1 atom stereocenters. The molecule has 1 saturated heterocycles. The Morgan fingerprint density at radius 1 is 1.13 bits per heavy atom. The SMILES string of the molecule is CC(C)c1ccc(CC2(C)Cc3cc(CC(=O)N4CCC(CO)CC4)ccc3O2)cc1. The van der Waals surface area contributed by atoms with Gasteiger partial charge < -0.3 is 14.7 Å². The minimum atomic E-state index is -0.253. The fraction of sp³-hybridized carbons (Fsp3) is 0.519. The van der Waals surface area contributed by atoms with Gasteiger partial charge >= 0.3 is 0 Å². The lowest BCUT2D eigenvalue weighted by Gasteiger charge is -2.31. The summed E-state index contributed by atoms with van der Waals surface area (Å²) in [6, 6.07) is 15.1. The second-order valence-electron chi connectivity index (χ2n) is 9.93. The predicted molar refractivity (Wildman–Crippen MR) is 124 cm³/mol. The largest absolute Gasteiger partial charge is 0.487 e. The lowest BCUT2D eigenvalue weighted by molar-refractivity contribution is -0.132. The smallest absolute Gasteiger partial charge is 0.226 e. The summed E-state index contributed by atoms with van der Waals surface area (Å²) in [5, 5.41) is 9.29. The van der Waals surface area contributed by atoms with Crippen LogP contribution >= 0.6 is 0 Å². The minimum Gasteiger partial charge on any atom is -0.487 e. The van der Waals surface area contributed by atoms with Crippen LogP contribution in [-0.2, 0) is 24.1 Å². The first-order chi connectivity index (χ1) is 14.8.